The van der Waals surface area contributed by atoms with E-state index >= 15 is 0 Å². The minimum Gasteiger partial charge on any atom is -0.496 e. The topological polar surface area (TPSA) is 9.23 Å². The molecule has 0 amide bonds. The molecule has 2 rings (SSSR count). The van der Waals surface area contributed by atoms with Crippen LogP contribution in [0.15, 0.2) is 46.9 Å². The predicted octanol–water partition coefficient (Wildman–Crippen LogP) is 5.09. The first-order chi connectivity index (χ1) is 8.63. The van der Waals surface area contributed by atoms with E-state index in [1.165, 1.54) is 5.56 Å². The van der Waals surface area contributed by atoms with Crippen molar-refractivity contribution in [1.82, 2.24) is 0 Å². The molecule has 1 atom stereocenters. The molecule has 18 heavy (non-hydrogen) atoms. The van der Waals surface area contributed by atoms with E-state index in [1.54, 1.807) is 7.11 Å². The Kier molecular flexibility index (Phi) is 4.31. The zero-order chi connectivity index (χ0) is 13.1. The lowest BCUT2D eigenvalue weighted by Gasteiger charge is -2.16. The summed E-state index contributed by atoms with van der Waals surface area (Å²) in [6.07, 6.45) is 0. The first kappa shape index (κ1) is 13.4. The molecule has 2 aromatic carbocycles. The van der Waals surface area contributed by atoms with Crippen molar-refractivity contribution in [3.05, 3.63) is 63.6 Å². The summed E-state index contributed by atoms with van der Waals surface area (Å²) in [7, 11) is 1.66. The molecule has 0 spiro atoms. The number of rotatable bonds is 3. The maximum atomic E-state index is 6.59. The molecule has 0 aliphatic heterocycles. The molecular formula is C15H14BrClO. The van der Waals surface area contributed by atoms with Crippen LogP contribution >= 0.6 is 27.5 Å². The Hall–Kier alpha value is -0.990. The van der Waals surface area contributed by atoms with Gasteiger partial charge in [-0.3, -0.25) is 0 Å². The second-order valence-corrected chi connectivity index (χ2v) is 5.46. The normalized spacial score (nSPS) is 12.2. The van der Waals surface area contributed by atoms with Crippen LogP contribution < -0.4 is 4.74 Å². The second kappa shape index (κ2) is 5.77. The van der Waals surface area contributed by atoms with Crippen molar-refractivity contribution < 1.29 is 4.74 Å². The number of aryl methyl sites for hydroxylation is 1. The van der Waals surface area contributed by atoms with Gasteiger partial charge in [-0.2, -0.15) is 0 Å². The zero-order valence-corrected chi connectivity index (χ0v) is 12.6. The van der Waals surface area contributed by atoms with Crippen molar-refractivity contribution in [2.45, 2.75) is 12.3 Å². The molecule has 0 fully saturated rings. The zero-order valence-electron chi connectivity index (χ0n) is 10.3. The average molecular weight is 326 g/mol. The van der Waals surface area contributed by atoms with E-state index in [0.29, 0.717) is 0 Å². The Bertz CT molecular complexity index is 554. The van der Waals surface area contributed by atoms with Gasteiger partial charge in [-0.1, -0.05) is 40.2 Å². The molecule has 2 aromatic rings. The van der Waals surface area contributed by atoms with Crippen LogP contribution in [0.2, 0.25) is 0 Å². The Morgan fingerprint density at radius 2 is 1.83 bits per heavy atom. The third-order valence-electron chi connectivity index (χ3n) is 2.93. The fraction of sp³-hybridized carbons (Fsp3) is 0.200. The molecule has 0 aliphatic carbocycles. The van der Waals surface area contributed by atoms with Crippen LogP contribution in [0.25, 0.3) is 0 Å². The fourth-order valence-corrected chi connectivity index (χ4v) is 2.74. The van der Waals surface area contributed by atoms with Crippen LogP contribution in [0.5, 0.6) is 5.75 Å². The highest BCUT2D eigenvalue weighted by atomic mass is 79.9. The maximum Gasteiger partial charge on any atom is 0.123 e. The van der Waals surface area contributed by atoms with Crippen LogP contribution in [-0.4, -0.2) is 7.11 Å². The summed E-state index contributed by atoms with van der Waals surface area (Å²) in [5, 5.41) is -0.210. The monoisotopic (exact) mass is 324 g/mol. The van der Waals surface area contributed by atoms with Gasteiger partial charge in [-0.25, -0.2) is 0 Å². The quantitative estimate of drug-likeness (QED) is 0.714. The summed E-state index contributed by atoms with van der Waals surface area (Å²) in [5.41, 5.74) is 3.26. The maximum absolute atomic E-state index is 6.59. The largest absolute Gasteiger partial charge is 0.496 e. The number of alkyl halides is 1. The highest BCUT2D eigenvalue weighted by molar-refractivity contribution is 9.10. The van der Waals surface area contributed by atoms with Gasteiger partial charge in [0.05, 0.1) is 12.5 Å². The highest BCUT2D eigenvalue weighted by Crippen LogP contribution is 2.37. The smallest absolute Gasteiger partial charge is 0.123 e. The summed E-state index contributed by atoms with van der Waals surface area (Å²) in [5.74, 6) is 0.807. The average Bonchev–Trinajstić information content (AvgIpc) is 2.38. The molecule has 0 aromatic heterocycles. The molecule has 0 heterocycles. The van der Waals surface area contributed by atoms with E-state index in [-0.39, 0.29) is 5.38 Å². The number of hydrogen-bond donors (Lipinski definition) is 0. The molecule has 3 heteroatoms. The van der Waals surface area contributed by atoms with Gasteiger partial charge in [-0.05, 0) is 36.2 Å². The Labute approximate surface area is 121 Å². The summed E-state index contributed by atoms with van der Waals surface area (Å²) < 4.78 is 6.38. The summed E-state index contributed by atoms with van der Waals surface area (Å²) in [6.45, 7) is 2.06. The molecule has 0 bridgehead atoms. The summed E-state index contributed by atoms with van der Waals surface area (Å²) in [6, 6.07) is 14.0. The standard InChI is InChI=1S/C15H14BrClO/c1-10-5-3-4-6-12(10)15(17)13-9-11(16)7-8-14(13)18-2/h3-9,15H,1-2H3. The van der Waals surface area contributed by atoms with E-state index < -0.39 is 0 Å². The van der Waals surface area contributed by atoms with Crippen molar-refractivity contribution in [2.75, 3.05) is 7.11 Å². The van der Waals surface area contributed by atoms with E-state index in [2.05, 4.69) is 28.9 Å². The molecule has 1 unspecified atom stereocenters. The molecule has 0 radical (unpaired) electrons. The number of ether oxygens (including phenoxy) is 1. The lowest BCUT2D eigenvalue weighted by molar-refractivity contribution is 0.410. The van der Waals surface area contributed by atoms with Gasteiger partial charge >= 0.3 is 0 Å². The first-order valence-corrected chi connectivity index (χ1v) is 6.89. The van der Waals surface area contributed by atoms with Gasteiger partial charge in [0, 0.05) is 10.0 Å². The Morgan fingerprint density at radius 1 is 1.11 bits per heavy atom. The molecule has 0 aliphatic rings. The van der Waals surface area contributed by atoms with Crippen molar-refractivity contribution in [1.29, 1.82) is 0 Å². The lowest BCUT2D eigenvalue weighted by Crippen LogP contribution is -1.99. The van der Waals surface area contributed by atoms with Gasteiger partial charge in [0.1, 0.15) is 5.75 Å². The first-order valence-electron chi connectivity index (χ1n) is 5.66. The van der Waals surface area contributed by atoms with E-state index in [0.717, 1.165) is 21.3 Å². The van der Waals surface area contributed by atoms with Gasteiger partial charge in [-0.15, -0.1) is 11.6 Å². The fourth-order valence-electron chi connectivity index (χ4n) is 1.94. The third kappa shape index (κ3) is 2.70. The molecular weight excluding hydrogens is 312 g/mol. The van der Waals surface area contributed by atoms with Crippen LogP contribution in [-0.2, 0) is 0 Å². The number of halogens is 2. The number of methoxy groups -OCH3 is 1. The Balaban J connectivity index is 2.48. The van der Waals surface area contributed by atoms with Crippen molar-refractivity contribution >= 4 is 27.5 Å². The number of benzene rings is 2. The number of hydrogen-bond acceptors (Lipinski definition) is 1. The SMILES string of the molecule is COc1ccc(Br)cc1C(Cl)c1ccccc1C. The molecule has 94 valence electrons. The minimum atomic E-state index is -0.210. The summed E-state index contributed by atoms with van der Waals surface area (Å²) >= 11 is 10.1. The Morgan fingerprint density at radius 3 is 2.50 bits per heavy atom. The van der Waals surface area contributed by atoms with Crippen LogP contribution in [0.4, 0.5) is 0 Å². The van der Waals surface area contributed by atoms with Crippen molar-refractivity contribution in [3.63, 3.8) is 0 Å². The van der Waals surface area contributed by atoms with E-state index in [4.69, 9.17) is 16.3 Å². The second-order valence-electron chi connectivity index (χ2n) is 4.11. The van der Waals surface area contributed by atoms with Gasteiger partial charge in [0.2, 0.25) is 0 Å². The molecule has 0 N–H and O–H groups in total. The summed E-state index contributed by atoms with van der Waals surface area (Å²) in [4.78, 5) is 0. The third-order valence-corrected chi connectivity index (χ3v) is 3.89. The minimum absolute atomic E-state index is 0.210. The molecule has 0 saturated carbocycles. The van der Waals surface area contributed by atoms with Crippen LogP contribution in [0.3, 0.4) is 0 Å². The highest BCUT2D eigenvalue weighted by Gasteiger charge is 2.17. The lowest BCUT2D eigenvalue weighted by atomic mass is 9.99. The van der Waals surface area contributed by atoms with E-state index in [9.17, 15) is 0 Å². The van der Waals surface area contributed by atoms with Crippen molar-refractivity contribution in [3.8, 4) is 5.75 Å². The van der Waals surface area contributed by atoms with Crippen molar-refractivity contribution in [2.24, 2.45) is 0 Å². The van der Waals surface area contributed by atoms with E-state index in [1.807, 2.05) is 36.4 Å². The predicted molar refractivity (Wildman–Crippen MR) is 79.6 cm³/mol. The van der Waals surface area contributed by atoms with Gasteiger partial charge < -0.3 is 4.74 Å². The van der Waals surface area contributed by atoms with Gasteiger partial charge in [0.15, 0.2) is 0 Å². The van der Waals surface area contributed by atoms with Crippen LogP contribution in [0.1, 0.15) is 22.1 Å². The molecule has 1 nitrogen and oxygen atoms in total. The van der Waals surface area contributed by atoms with Crippen LogP contribution in [0, 0.1) is 6.92 Å². The molecule has 0 saturated heterocycles. The van der Waals surface area contributed by atoms with Gasteiger partial charge in [0.25, 0.3) is 0 Å².